The molecule has 0 radical (unpaired) electrons. The lowest BCUT2D eigenvalue weighted by Crippen LogP contribution is -2.42. The fourth-order valence-electron chi connectivity index (χ4n) is 1.53. The van der Waals surface area contributed by atoms with Crippen molar-refractivity contribution in [1.82, 2.24) is 5.32 Å². The van der Waals surface area contributed by atoms with E-state index in [-0.39, 0.29) is 10.5 Å². The molecule has 0 aliphatic carbocycles. The van der Waals surface area contributed by atoms with Gasteiger partial charge in [0.25, 0.3) is 5.91 Å². The van der Waals surface area contributed by atoms with Gasteiger partial charge < -0.3 is 15.2 Å². The largest absolute Gasteiger partial charge is 0.386 e. The minimum absolute atomic E-state index is 0.0757. The zero-order chi connectivity index (χ0) is 16.2. The van der Waals surface area contributed by atoms with Crippen LogP contribution in [0.1, 0.15) is 11.7 Å². The summed E-state index contributed by atoms with van der Waals surface area (Å²) >= 11 is 10.7. The van der Waals surface area contributed by atoms with E-state index >= 15 is 0 Å². The third kappa shape index (κ3) is 4.96. The van der Waals surface area contributed by atoms with Crippen LogP contribution in [0.5, 0.6) is 0 Å². The van der Waals surface area contributed by atoms with Crippen molar-refractivity contribution in [2.24, 2.45) is 0 Å². The van der Waals surface area contributed by atoms with Gasteiger partial charge >= 0.3 is 0 Å². The fraction of sp³-hybridized carbons (Fsp3) is 0.333. The molecule has 0 fully saturated rings. The zero-order valence-corrected chi connectivity index (χ0v) is 13.2. The van der Waals surface area contributed by atoms with E-state index in [1.807, 2.05) is 0 Å². The molecule has 1 amide bonds. The number of hydrogen-bond donors (Lipinski definition) is 2. The Bertz CT molecular complexity index is 615. The molecule has 0 unspecified atom stereocenters. The zero-order valence-electron chi connectivity index (χ0n) is 10.9. The minimum Gasteiger partial charge on any atom is -0.386 e. The Balaban J connectivity index is 2.93. The molecule has 0 heterocycles. The van der Waals surface area contributed by atoms with Gasteiger partial charge in [-0.3, -0.25) is 4.79 Å². The van der Waals surface area contributed by atoms with Crippen LogP contribution >= 0.6 is 23.2 Å². The first-order chi connectivity index (χ1) is 9.66. The summed E-state index contributed by atoms with van der Waals surface area (Å²) in [6.07, 6.45) is 0.0316. The second-order valence-electron chi connectivity index (χ2n) is 4.26. The number of aliphatic hydroxyl groups is 1. The summed E-state index contributed by atoms with van der Waals surface area (Å²) in [7, 11) is -3.36. The van der Waals surface area contributed by atoms with Crippen LogP contribution in [0.15, 0.2) is 29.2 Å². The maximum Gasteiger partial charge on any atom is 0.253 e. The maximum atomic E-state index is 11.3. The number of aliphatic hydroxyl groups excluding tert-OH is 1. The lowest BCUT2D eigenvalue weighted by molar-refractivity contribution is -0.124. The van der Waals surface area contributed by atoms with E-state index in [1.54, 1.807) is 0 Å². The van der Waals surface area contributed by atoms with Crippen molar-refractivity contribution in [2.75, 3.05) is 6.26 Å². The Hall–Kier alpha value is -1.15. The first kappa shape index (κ1) is 17.9. The van der Waals surface area contributed by atoms with Crippen molar-refractivity contribution in [3.05, 3.63) is 29.8 Å². The molecule has 1 rings (SSSR count). The normalized spacial score (nSPS) is 14.5. The minimum atomic E-state index is -3.36. The van der Waals surface area contributed by atoms with Gasteiger partial charge in [0, 0.05) is 6.26 Å². The predicted octanol–water partition coefficient (Wildman–Crippen LogP) is 0.611. The van der Waals surface area contributed by atoms with Gasteiger partial charge in [0.05, 0.1) is 4.90 Å². The van der Waals surface area contributed by atoms with Gasteiger partial charge in [-0.25, -0.2) is 8.42 Å². The summed E-state index contributed by atoms with van der Waals surface area (Å²) in [6.45, 7) is 0. The number of nitrogens with one attached hydrogen (secondary N) is 1. The van der Waals surface area contributed by atoms with Crippen LogP contribution in [0.4, 0.5) is 0 Å². The number of sulfone groups is 1. The van der Waals surface area contributed by atoms with Crippen LogP contribution in [0.3, 0.4) is 0 Å². The smallest absolute Gasteiger partial charge is 0.253 e. The first-order valence-corrected chi connectivity index (χ1v) is 8.45. The summed E-state index contributed by atoms with van der Waals surface area (Å²) in [6, 6.07) is 4.04. The molecule has 0 aliphatic rings. The molecule has 2 atom stereocenters. The van der Waals surface area contributed by atoms with Crippen molar-refractivity contribution in [1.29, 1.82) is 0 Å². The fourth-order valence-corrected chi connectivity index (χ4v) is 2.29. The molecule has 1 aromatic carbocycles. The number of amides is 1. The standard InChI is InChI=1S/C12H13Cl2NO5S/c1-21(19,20)8-4-2-7(3-5-8)10(17)9(6-16)15-12(18)11(13)14/h2-6,9-11,17H,1H3,(H,15,18)/t9-,10-/m1/s1. The summed E-state index contributed by atoms with van der Waals surface area (Å²) < 4.78 is 22.6. The highest BCUT2D eigenvalue weighted by atomic mass is 35.5. The number of hydrogen-bond acceptors (Lipinski definition) is 5. The second kappa shape index (κ2) is 7.22. The molecule has 0 aromatic heterocycles. The van der Waals surface area contributed by atoms with Gasteiger partial charge in [0.15, 0.2) is 14.7 Å². The molecule has 21 heavy (non-hydrogen) atoms. The van der Waals surface area contributed by atoms with Gasteiger partial charge in [-0.1, -0.05) is 35.3 Å². The lowest BCUT2D eigenvalue weighted by Gasteiger charge is -2.20. The lowest BCUT2D eigenvalue weighted by atomic mass is 10.0. The molecule has 6 nitrogen and oxygen atoms in total. The van der Waals surface area contributed by atoms with E-state index in [0.29, 0.717) is 6.29 Å². The van der Waals surface area contributed by atoms with Gasteiger partial charge in [-0.05, 0) is 17.7 Å². The number of halogens is 2. The van der Waals surface area contributed by atoms with E-state index in [1.165, 1.54) is 24.3 Å². The number of benzene rings is 1. The van der Waals surface area contributed by atoms with Crippen molar-refractivity contribution in [3.63, 3.8) is 0 Å². The molecule has 9 heteroatoms. The van der Waals surface area contributed by atoms with Gasteiger partial charge in [0.1, 0.15) is 18.4 Å². The van der Waals surface area contributed by atoms with Gasteiger partial charge in [0.2, 0.25) is 0 Å². The van der Waals surface area contributed by atoms with E-state index < -0.39 is 32.7 Å². The average Bonchev–Trinajstić information content (AvgIpc) is 2.42. The Morgan fingerprint density at radius 1 is 1.29 bits per heavy atom. The Kier molecular flexibility index (Phi) is 6.15. The average molecular weight is 354 g/mol. The third-order valence-electron chi connectivity index (χ3n) is 2.64. The Labute approximate surface area is 132 Å². The molecule has 0 saturated carbocycles. The summed E-state index contributed by atoms with van der Waals surface area (Å²) in [5.74, 6) is -0.817. The van der Waals surface area contributed by atoms with Crippen molar-refractivity contribution < 1.29 is 23.1 Å². The molecule has 0 aliphatic heterocycles. The highest BCUT2D eigenvalue weighted by Gasteiger charge is 2.24. The highest BCUT2D eigenvalue weighted by molar-refractivity contribution is 7.90. The molecule has 2 N–H and O–H groups in total. The van der Waals surface area contributed by atoms with Crippen LogP contribution in [-0.4, -0.2) is 42.9 Å². The SMILES string of the molecule is CS(=O)(=O)c1ccc([C@@H](O)[C@@H](C=O)NC(=O)C(Cl)Cl)cc1. The first-order valence-electron chi connectivity index (χ1n) is 5.68. The van der Waals surface area contributed by atoms with Gasteiger partial charge in [-0.15, -0.1) is 0 Å². The summed E-state index contributed by atoms with van der Waals surface area (Å²) in [4.78, 5) is 21.0. The molecule has 0 bridgehead atoms. The number of alkyl halides is 2. The van der Waals surface area contributed by atoms with E-state index in [9.17, 15) is 23.1 Å². The molecule has 1 aromatic rings. The number of aldehydes is 1. The van der Waals surface area contributed by atoms with Crippen molar-refractivity contribution in [3.8, 4) is 0 Å². The van der Waals surface area contributed by atoms with Crippen molar-refractivity contribution in [2.45, 2.75) is 21.9 Å². The quantitative estimate of drug-likeness (QED) is 0.576. The number of carbonyl (C=O) groups is 2. The Morgan fingerprint density at radius 3 is 2.19 bits per heavy atom. The van der Waals surface area contributed by atoms with Crippen molar-refractivity contribution >= 4 is 45.2 Å². The maximum absolute atomic E-state index is 11.3. The molecular formula is C12H13Cl2NO5S. The summed E-state index contributed by atoms with van der Waals surface area (Å²) in [5, 5.41) is 12.2. The molecule has 0 spiro atoms. The van der Waals surface area contributed by atoms with Crippen LogP contribution < -0.4 is 5.32 Å². The van der Waals surface area contributed by atoms with Crippen LogP contribution in [0.2, 0.25) is 0 Å². The van der Waals surface area contributed by atoms with E-state index in [2.05, 4.69) is 5.32 Å². The monoisotopic (exact) mass is 353 g/mol. The van der Waals surface area contributed by atoms with E-state index in [4.69, 9.17) is 23.2 Å². The molecule has 116 valence electrons. The number of rotatable bonds is 6. The number of carbonyl (C=O) groups excluding carboxylic acids is 2. The topological polar surface area (TPSA) is 101 Å². The van der Waals surface area contributed by atoms with Crippen LogP contribution in [0, 0.1) is 0 Å². The second-order valence-corrected chi connectivity index (χ2v) is 7.37. The van der Waals surface area contributed by atoms with Crippen LogP contribution in [-0.2, 0) is 19.4 Å². The third-order valence-corrected chi connectivity index (χ3v) is 4.17. The summed E-state index contributed by atoms with van der Waals surface area (Å²) in [5.41, 5.74) is 0.264. The molecular weight excluding hydrogens is 341 g/mol. The highest BCUT2D eigenvalue weighted by Crippen LogP contribution is 2.19. The van der Waals surface area contributed by atoms with Crippen LogP contribution in [0.25, 0.3) is 0 Å². The molecule has 0 saturated heterocycles. The predicted molar refractivity (Wildman–Crippen MR) is 78.0 cm³/mol. The Morgan fingerprint density at radius 2 is 1.81 bits per heavy atom. The van der Waals surface area contributed by atoms with E-state index in [0.717, 1.165) is 6.26 Å². The van der Waals surface area contributed by atoms with Gasteiger partial charge in [-0.2, -0.15) is 0 Å².